The first-order chi connectivity index (χ1) is 7.22. The Kier molecular flexibility index (Phi) is 2.58. The van der Waals surface area contributed by atoms with Crippen LogP contribution in [0.5, 0.6) is 0 Å². The highest BCUT2D eigenvalue weighted by molar-refractivity contribution is 5.99. The number of rotatable bonds is 3. The van der Waals surface area contributed by atoms with Crippen molar-refractivity contribution in [2.75, 3.05) is 0 Å². The summed E-state index contributed by atoms with van der Waals surface area (Å²) in [6.07, 6.45) is 3.55. The van der Waals surface area contributed by atoms with Crippen LogP contribution in [-0.2, 0) is 7.05 Å². The van der Waals surface area contributed by atoms with Crippen molar-refractivity contribution in [1.82, 2.24) is 4.57 Å². The molecule has 2 heteroatoms. The lowest BCUT2D eigenvalue weighted by Gasteiger charge is -2.01. The van der Waals surface area contributed by atoms with Gasteiger partial charge in [0.05, 0.1) is 0 Å². The number of Topliss-reactive ketones (excluding diaryl/α,β-unsaturated/α-hetero) is 1. The Labute approximate surface area is 89.5 Å². The summed E-state index contributed by atoms with van der Waals surface area (Å²) in [5, 5.41) is 1.19. The lowest BCUT2D eigenvalue weighted by atomic mass is 10.1. The van der Waals surface area contributed by atoms with E-state index in [1.165, 1.54) is 5.39 Å². The van der Waals surface area contributed by atoms with E-state index in [9.17, 15) is 4.79 Å². The molecule has 0 aliphatic carbocycles. The van der Waals surface area contributed by atoms with E-state index in [0.717, 1.165) is 17.5 Å². The van der Waals surface area contributed by atoms with E-state index < -0.39 is 0 Å². The zero-order chi connectivity index (χ0) is 10.8. The van der Waals surface area contributed by atoms with Gasteiger partial charge >= 0.3 is 0 Å². The SMILES string of the molecule is CCCC(=O)c1ccc2ccn(C)c2c1. The number of carbonyl (C=O) groups is 1. The molecule has 1 heterocycles. The maximum atomic E-state index is 11.7. The highest BCUT2D eigenvalue weighted by atomic mass is 16.1. The van der Waals surface area contributed by atoms with Crippen molar-refractivity contribution in [2.45, 2.75) is 19.8 Å². The van der Waals surface area contributed by atoms with Crippen LogP contribution in [0.3, 0.4) is 0 Å². The second-order valence-corrected chi connectivity index (χ2v) is 3.87. The number of aromatic nitrogens is 1. The van der Waals surface area contributed by atoms with Gasteiger partial charge in [-0.1, -0.05) is 19.1 Å². The second kappa shape index (κ2) is 3.89. The molecule has 0 amide bonds. The maximum Gasteiger partial charge on any atom is 0.162 e. The molecule has 0 saturated heterocycles. The molecule has 2 rings (SSSR count). The summed E-state index contributed by atoms with van der Waals surface area (Å²) in [6, 6.07) is 7.97. The van der Waals surface area contributed by atoms with Crippen molar-refractivity contribution in [3.63, 3.8) is 0 Å². The minimum Gasteiger partial charge on any atom is -0.351 e. The molecular weight excluding hydrogens is 186 g/mol. The molecule has 0 saturated carbocycles. The van der Waals surface area contributed by atoms with Crippen LogP contribution in [0.1, 0.15) is 30.1 Å². The van der Waals surface area contributed by atoms with E-state index in [1.807, 2.05) is 42.9 Å². The average molecular weight is 201 g/mol. The van der Waals surface area contributed by atoms with Crippen LogP contribution >= 0.6 is 0 Å². The molecule has 1 aromatic carbocycles. The van der Waals surface area contributed by atoms with Gasteiger partial charge in [-0.2, -0.15) is 0 Å². The predicted octanol–water partition coefficient (Wildman–Crippen LogP) is 3.16. The van der Waals surface area contributed by atoms with Crippen LogP contribution in [0.2, 0.25) is 0 Å². The van der Waals surface area contributed by atoms with Gasteiger partial charge in [-0.3, -0.25) is 4.79 Å². The van der Waals surface area contributed by atoms with E-state index in [2.05, 4.69) is 6.07 Å². The van der Waals surface area contributed by atoms with Gasteiger partial charge in [0, 0.05) is 30.7 Å². The standard InChI is InChI=1S/C13H15NO/c1-3-4-13(15)11-6-5-10-7-8-14(2)12(10)9-11/h5-9H,3-4H2,1-2H3. The number of aryl methyl sites for hydroxylation is 1. The molecule has 15 heavy (non-hydrogen) atoms. The van der Waals surface area contributed by atoms with Crippen molar-refractivity contribution >= 4 is 16.7 Å². The zero-order valence-electron chi connectivity index (χ0n) is 9.16. The third-order valence-electron chi connectivity index (χ3n) is 2.69. The molecule has 0 aliphatic heterocycles. The number of hydrogen-bond acceptors (Lipinski definition) is 1. The van der Waals surface area contributed by atoms with E-state index in [1.54, 1.807) is 0 Å². The maximum absolute atomic E-state index is 11.7. The fraction of sp³-hybridized carbons (Fsp3) is 0.308. The number of carbonyl (C=O) groups excluding carboxylic acids is 1. The quantitative estimate of drug-likeness (QED) is 0.699. The Morgan fingerprint density at radius 3 is 2.87 bits per heavy atom. The van der Waals surface area contributed by atoms with Gasteiger partial charge in [0.2, 0.25) is 0 Å². The molecule has 0 unspecified atom stereocenters. The Morgan fingerprint density at radius 2 is 2.13 bits per heavy atom. The molecule has 2 nitrogen and oxygen atoms in total. The van der Waals surface area contributed by atoms with Crippen LogP contribution in [0, 0.1) is 0 Å². The van der Waals surface area contributed by atoms with Gasteiger partial charge in [0.15, 0.2) is 5.78 Å². The molecule has 0 radical (unpaired) electrons. The fourth-order valence-corrected chi connectivity index (χ4v) is 1.81. The molecule has 2 aromatic rings. The summed E-state index contributed by atoms with van der Waals surface area (Å²) in [5.74, 6) is 0.237. The molecule has 0 fully saturated rings. The molecular formula is C13H15NO. The van der Waals surface area contributed by atoms with E-state index in [-0.39, 0.29) is 5.78 Å². The first-order valence-corrected chi connectivity index (χ1v) is 5.30. The molecule has 0 N–H and O–H groups in total. The first kappa shape index (κ1) is 9.97. The molecule has 0 aliphatic rings. The summed E-state index contributed by atoms with van der Waals surface area (Å²) < 4.78 is 2.04. The van der Waals surface area contributed by atoms with Gasteiger partial charge < -0.3 is 4.57 Å². The Bertz CT molecular complexity index is 496. The lowest BCUT2D eigenvalue weighted by molar-refractivity contribution is 0.0982. The van der Waals surface area contributed by atoms with Gasteiger partial charge in [-0.25, -0.2) is 0 Å². The summed E-state index contributed by atoms with van der Waals surface area (Å²) in [7, 11) is 2.00. The monoisotopic (exact) mass is 201 g/mol. The van der Waals surface area contributed by atoms with Crippen molar-refractivity contribution in [3.8, 4) is 0 Å². The third kappa shape index (κ3) is 1.80. The predicted molar refractivity (Wildman–Crippen MR) is 62.2 cm³/mol. The normalized spacial score (nSPS) is 10.8. The van der Waals surface area contributed by atoms with Crippen molar-refractivity contribution in [2.24, 2.45) is 7.05 Å². The van der Waals surface area contributed by atoms with Gasteiger partial charge in [0.25, 0.3) is 0 Å². The minimum atomic E-state index is 0.237. The Hall–Kier alpha value is -1.57. The molecule has 78 valence electrons. The largest absolute Gasteiger partial charge is 0.351 e. The summed E-state index contributed by atoms with van der Waals surface area (Å²) in [5.41, 5.74) is 1.95. The Morgan fingerprint density at radius 1 is 1.33 bits per heavy atom. The molecule has 0 atom stereocenters. The van der Waals surface area contributed by atoms with E-state index in [4.69, 9.17) is 0 Å². The second-order valence-electron chi connectivity index (χ2n) is 3.87. The number of ketones is 1. The highest BCUT2D eigenvalue weighted by Crippen LogP contribution is 2.17. The first-order valence-electron chi connectivity index (χ1n) is 5.30. The molecule has 0 bridgehead atoms. The lowest BCUT2D eigenvalue weighted by Crippen LogP contribution is -1.98. The topological polar surface area (TPSA) is 22.0 Å². The average Bonchev–Trinajstić information content (AvgIpc) is 2.60. The number of benzene rings is 1. The molecule has 1 aromatic heterocycles. The number of fused-ring (bicyclic) bond motifs is 1. The summed E-state index contributed by atoms with van der Waals surface area (Å²) in [4.78, 5) is 11.7. The zero-order valence-corrected chi connectivity index (χ0v) is 9.16. The molecule has 0 spiro atoms. The third-order valence-corrected chi connectivity index (χ3v) is 2.69. The van der Waals surface area contributed by atoms with Crippen molar-refractivity contribution in [1.29, 1.82) is 0 Å². The van der Waals surface area contributed by atoms with E-state index >= 15 is 0 Å². The van der Waals surface area contributed by atoms with Gasteiger partial charge in [0.1, 0.15) is 0 Å². The summed E-state index contributed by atoms with van der Waals surface area (Å²) in [6.45, 7) is 2.03. The minimum absolute atomic E-state index is 0.237. The van der Waals surface area contributed by atoms with Crippen LogP contribution in [0.25, 0.3) is 10.9 Å². The number of nitrogens with zero attached hydrogens (tertiary/aromatic N) is 1. The Balaban J connectivity index is 2.45. The highest BCUT2D eigenvalue weighted by Gasteiger charge is 2.06. The van der Waals surface area contributed by atoms with Crippen molar-refractivity contribution in [3.05, 3.63) is 36.0 Å². The van der Waals surface area contributed by atoms with Gasteiger partial charge in [-0.05, 0) is 23.9 Å². The van der Waals surface area contributed by atoms with Crippen LogP contribution in [-0.4, -0.2) is 10.4 Å². The van der Waals surface area contributed by atoms with Crippen LogP contribution < -0.4 is 0 Å². The van der Waals surface area contributed by atoms with E-state index in [0.29, 0.717) is 6.42 Å². The van der Waals surface area contributed by atoms with Crippen LogP contribution in [0.4, 0.5) is 0 Å². The smallest absolute Gasteiger partial charge is 0.162 e. The van der Waals surface area contributed by atoms with Crippen molar-refractivity contribution < 1.29 is 4.79 Å². The van der Waals surface area contributed by atoms with Gasteiger partial charge in [-0.15, -0.1) is 0 Å². The number of hydrogen-bond donors (Lipinski definition) is 0. The van der Waals surface area contributed by atoms with Crippen LogP contribution in [0.15, 0.2) is 30.5 Å². The summed E-state index contributed by atoms with van der Waals surface area (Å²) >= 11 is 0. The fourth-order valence-electron chi connectivity index (χ4n) is 1.81.